The molecule has 0 amide bonds. The molecule has 2 aromatic carbocycles. The Hall–Kier alpha value is -1.32. The lowest BCUT2D eigenvalue weighted by molar-refractivity contribution is 0.478. The van der Waals surface area contributed by atoms with Crippen molar-refractivity contribution in [2.45, 2.75) is 25.3 Å². The van der Waals surface area contributed by atoms with Gasteiger partial charge in [-0.3, -0.25) is 0 Å². The van der Waals surface area contributed by atoms with Gasteiger partial charge in [0.05, 0.1) is 0 Å². The second-order valence-electron chi connectivity index (χ2n) is 5.19. The highest BCUT2D eigenvalue weighted by Gasteiger charge is 2.40. The van der Waals surface area contributed by atoms with Gasteiger partial charge in [0, 0.05) is 10.0 Å². The molecule has 2 N–H and O–H groups in total. The zero-order chi connectivity index (χ0) is 13.5. The van der Waals surface area contributed by atoms with Crippen molar-refractivity contribution in [3.05, 3.63) is 58.1 Å². The Bertz CT molecular complexity index is 603. The summed E-state index contributed by atoms with van der Waals surface area (Å²) in [7, 11) is 0. The van der Waals surface area contributed by atoms with E-state index in [1.54, 1.807) is 0 Å². The average molecular weight is 318 g/mol. The summed E-state index contributed by atoms with van der Waals surface area (Å²) < 4.78 is 6.94. The van der Waals surface area contributed by atoms with E-state index in [0.717, 1.165) is 34.4 Å². The third-order valence-corrected chi connectivity index (χ3v) is 4.11. The molecule has 2 nitrogen and oxygen atoms in total. The normalized spacial score (nSPS) is 16.2. The van der Waals surface area contributed by atoms with Crippen LogP contribution in [0.25, 0.3) is 0 Å². The molecular formula is C16H16BrNO. The molecule has 0 unspecified atom stereocenters. The number of halogens is 1. The van der Waals surface area contributed by atoms with E-state index in [0.29, 0.717) is 0 Å². The molecule has 2 aromatic rings. The molecule has 19 heavy (non-hydrogen) atoms. The van der Waals surface area contributed by atoms with Crippen molar-refractivity contribution in [2.75, 3.05) is 0 Å². The largest absolute Gasteiger partial charge is 0.457 e. The van der Waals surface area contributed by atoms with E-state index < -0.39 is 0 Å². The molecule has 1 fully saturated rings. The molecular weight excluding hydrogens is 302 g/mol. The standard InChI is InChI=1S/C16H16BrNO/c1-11-10-12(16(18)8-9-16)2-7-15(11)19-14-5-3-13(17)4-6-14/h2-7,10H,8-9,18H2,1H3. The molecule has 0 radical (unpaired) electrons. The summed E-state index contributed by atoms with van der Waals surface area (Å²) in [5.74, 6) is 1.73. The molecule has 0 heterocycles. The Labute approximate surface area is 121 Å². The van der Waals surface area contributed by atoms with Crippen molar-refractivity contribution in [1.82, 2.24) is 0 Å². The predicted molar refractivity (Wildman–Crippen MR) is 80.5 cm³/mol. The minimum atomic E-state index is -0.0824. The Morgan fingerprint density at radius 3 is 2.37 bits per heavy atom. The molecule has 0 saturated heterocycles. The summed E-state index contributed by atoms with van der Waals surface area (Å²) in [6, 6.07) is 14.1. The van der Waals surface area contributed by atoms with Crippen molar-refractivity contribution in [3.8, 4) is 11.5 Å². The number of aryl methyl sites for hydroxylation is 1. The van der Waals surface area contributed by atoms with Crippen LogP contribution in [0.1, 0.15) is 24.0 Å². The first-order valence-electron chi connectivity index (χ1n) is 6.40. The Kier molecular flexibility index (Phi) is 3.11. The highest BCUT2D eigenvalue weighted by atomic mass is 79.9. The summed E-state index contributed by atoms with van der Waals surface area (Å²) >= 11 is 3.41. The van der Waals surface area contributed by atoms with Crippen molar-refractivity contribution in [1.29, 1.82) is 0 Å². The molecule has 98 valence electrons. The summed E-state index contributed by atoms with van der Waals surface area (Å²) in [5, 5.41) is 0. The van der Waals surface area contributed by atoms with Gasteiger partial charge in [0.25, 0.3) is 0 Å². The van der Waals surface area contributed by atoms with Crippen molar-refractivity contribution in [3.63, 3.8) is 0 Å². The lowest BCUT2D eigenvalue weighted by atomic mass is 10.0. The Morgan fingerprint density at radius 2 is 1.79 bits per heavy atom. The molecule has 0 aromatic heterocycles. The number of rotatable bonds is 3. The van der Waals surface area contributed by atoms with Gasteiger partial charge >= 0.3 is 0 Å². The van der Waals surface area contributed by atoms with E-state index >= 15 is 0 Å². The Morgan fingerprint density at radius 1 is 1.11 bits per heavy atom. The van der Waals surface area contributed by atoms with Crippen LogP contribution in [0.4, 0.5) is 0 Å². The fourth-order valence-corrected chi connectivity index (χ4v) is 2.39. The van der Waals surface area contributed by atoms with Crippen LogP contribution < -0.4 is 10.5 Å². The van der Waals surface area contributed by atoms with Crippen LogP contribution in [-0.2, 0) is 5.54 Å². The van der Waals surface area contributed by atoms with Gasteiger partial charge in [-0.2, -0.15) is 0 Å². The third-order valence-electron chi connectivity index (χ3n) is 3.58. The second-order valence-corrected chi connectivity index (χ2v) is 6.11. The van der Waals surface area contributed by atoms with Crippen molar-refractivity contribution >= 4 is 15.9 Å². The van der Waals surface area contributed by atoms with Gasteiger partial charge in [-0.25, -0.2) is 0 Å². The van der Waals surface area contributed by atoms with Crippen LogP contribution >= 0.6 is 15.9 Å². The van der Waals surface area contributed by atoms with Gasteiger partial charge in [-0.15, -0.1) is 0 Å². The summed E-state index contributed by atoms with van der Waals surface area (Å²) in [5.41, 5.74) is 8.47. The second kappa shape index (κ2) is 4.66. The smallest absolute Gasteiger partial charge is 0.130 e. The number of ether oxygens (including phenoxy) is 1. The van der Waals surface area contributed by atoms with E-state index in [9.17, 15) is 0 Å². The molecule has 0 aliphatic heterocycles. The van der Waals surface area contributed by atoms with Crippen molar-refractivity contribution in [2.24, 2.45) is 5.73 Å². The first kappa shape index (κ1) is 12.7. The number of benzene rings is 2. The minimum absolute atomic E-state index is 0.0824. The molecule has 1 saturated carbocycles. The summed E-state index contributed by atoms with van der Waals surface area (Å²) in [4.78, 5) is 0. The van der Waals surface area contributed by atoms with Crippen LogP contribution in [0, 0.1) is 6.92 Å². The SMILES string of the molecule is Cc1cc(C2(N)CC2)ccc1Oc1ccc(Br)cc1. The van der Waals surface area contributed by atoms with Crippen LogP contribution in [0.2, 0.25) is 0 Å². The van der Waals surface area contributed by atoms with Gasteiger partial charge < -0.3 is 10.5 Å². The molecule has 1 aliphatic carbocycles. The van der Waals surface area contributed by atoms with Crippen LogP contribution in [0.3, 0.4) is 0 Å². The van der Waals surface area contributed by atoms with Crippen LogP contribution in [0.15, 0.2) is 46.9 Å². The maximum absolute atomic E-state index is 6.21. The van der Waals surface area contributed by atoms with E-state index in [1.165, 1.54) is 5.56 Å². The lowest BCUT2D eigenvalue weighted by Gasteiger charge is -2.13. The van der Waals surface area contributed by atoms with Gasteiger partial charge in [-0.05, 0) is 61.2 Å². The molecule has 3 rings (SSSR count). The van der Waals surface area contributed by atoms with Gasteiger partial charge in [-0.1, -0.05) is 28.1 Å². The van der Waals surface area contributed by atoms with Gasteiger partial charge in [0.2, 0.25) is 0 Å². The van der Waals surface area contributed by atoms with Crippen molar-refractivity contribution < 1.29 is 4.74 Å². The number of hydrogen-bond donors (Lipinski definition) is 1. The van der Waals surface area contributed by atoms with Gasteiger partial charge in [0.15, 0.2) is 0 Å². The lowest BCUT2D eigenvalue weighted by Crippen LogP contribution is -2.18. The highest BCUT2D eigenvalue weighted by molar-refractivity contribution is 9.10. The molecule has 0 spiro atoms. The van der Waals surface area contributed by atoms with Crippen LogP contribution in [0.5, 0.6) is 11.5 Å². The zero-order valence-corrected chi connectivity index (χ0v) is 12.4. The highest BCUT2D eigenvalue weighted by Crippen LogP contribution is 2.43. The monoisotopic (exact) mass is 317 g/mol. The number of hydrogen-bond acceptors (Lipinski definition) is 2. The maximum Gasteiger partial charge on any atom is 0.130 e. The fraction of sp³-hybridized carbons (Fsp3) is 0.250. The van der Waals surface area contributed by atoms with Gasteiger partial charge in [0.1, 0.15) is 11.5 Å². The quantitative estimate of drug-likeness (QED) is 0.904. The minimum Gasteiger partial charge on any atom is -0.457 e. The topological polar surface area (TPSA) is 35.2 Å². The van der Waals surface area contributed by atoms with E-state index in [2.05, 4.69) is 35.0 Å². The first-order valence-corrected chi connectivity index (χ1v) is 7.20. The molecule has 0 atom stereocenters. The van der Waals surface area contributed by atoms with E-state index in [1.807, 2.05) is 30.3 Å². The van der Waals surface area contributed by atoms with Crippen LogP contribution in [-0.4, -0.2) is 0 Å². The van der Waals surface area contributed by atoms with E-state index in [4.69, 9.17) is 10.5 Å². The maximum atomic E-state index is 6.21. The first-order chi connectivity index (χ1) is 9.07. The fourth-order valence-electron chi connectivity index (χ4n) is 2.13. The molecule has 3 heteroatoms. The molecule has 0 bridgehead atoms. The molecule has 1 aliphatic rings. The zero-order valence-electron chi connectivity index (χ0n) is 10.8. The average Bonchev–Trinajstić information content (AvgIpc) is 3.14. The number of nitrogens with two attached hydrogens (primary N) is 1. The summed E-state index contributed by atoms with van der Waals surface area (Å²) in [6.45, 7) is 2.06. The predicted octanol–water partition coefficient (Wildman–Crippen LogP) is 4.50. The third kappa shape index (κ3) is 2.67. The Balaban J connectivity index is 1.83. The summed E-state index contributed by atoms with van der Waals surface area (Å²) in [6.07, 6.45) is 2.17. The van der Waals surface area contributed by atoms with E-state index in [-0.39, 0.29) is 5.54 Å².